The number of rotatable bonds is 5. The minimum Gasteiger partial charge on any atom is -0.376 e. The molecule has 0 saturated carbocycles. The van der Waals surface area contributed by atoms with E-state index in [9.17, 15) is 0 Å². The van der Waals surface area contributed by atoms with E-state index in [1.165, 1.54) is 5.69 Å². The first-order chi connectivity index (χ1) is 14.7. The molecule has 0 radical (unpaired) electrons. The van der Waals surface area contributed by atoms with Gasteiger partial charge in [-0.3, -0.25) is 4.98 Å². The highest BCUT2D eigenvalue weighted by molar-refractivity contribution is 9.10. The van der Waals surface area contributed by atoms with Crippen molar-refractivity contribution in [1.29, 1.82) is 0 Å². The zero-order valence-corrected chi connectivity index (χ0v) is 18.8. The predicted octanol–water partition coefficient (Wildman–Crippen LogP) is 4.79. The highest BCUT2D eigenvalue weighted by Crippen LogP contribution is 2.40. The number of aromatic nitrogens is 2. The van der Waals surface area contributed by atoms with Gasteiger partial charge in [-0.2, -0.15) is 0 Å². The van der Waals surface area contributed by atoms with Crippen molar-refractivity contribution in [2.75, 3.05) is 13.2 Å². The molecular formula is C23H23BrN4OS. The molecule has 3 aromatic rings. The van der Waals surface area contributed by atoms with Gasteiger partial charge in [0.05, 0.1) is 23.9 Å². The summed E-state index contributed by atoms with van der Waals surface area (Å²) in [6.45, 7) is 1.62. The molecule has 7 heteroatoms. The summed E-state index contributed by atoms with van der Waals surface area (Å²) in [6, 6.07) is 18.7. The fourth-order valence-corrected chi connectivity index (χ4v) is 4.98. The van der Waals surface area contributed by atoms with Crippen LogP contribution in [0.3, 0.4) is 0 Å². The molecular weight excluding hydrogens is 460 g/mol. The van der Waals surface area contributed by atoms with E-state index >= 15 is 0 Å². The Hall–Kier alpha value is -2.22. The van der Waals surface area contributed by atoms with Gasteiger partial charge in [-0.05, 0) is 73.6 Å². The topological polar surface area (TPSA) is 42.3 Å². The minimum atomic E-state index is -0.0239. The number of nitrogens with one attached hydrogen (secondary N) is 1. The number of ether oxygens (including phenoxy) is 1. The van der Waals surface area contributed by atoms with Crippen molar-refractivity contribution in [3.63, 3.8) is 0 Å². The van der Waals surface area contributed by atoms with E-state index in [2.05, 4.69) is 84.4 Å². The van der Waals surface area contributed by atoms with E-state index in [0.717, 1.165) is 47.0 Å². The second-order valence-corrected chi connectivity index (χ2v) is 9.00. The van der Waals surface area contributed by atoms with Gasteiger partial charge in [0.15, 0.2) is 5.11 Å². The SMILES string of the molecule is S=C1NC(c2ccccn2)C(c2cccn2-c2ccc(Br)cc2)N1CC1CCCO1. The van der Waals surface area contributed by atoms with Gasteiger partial charge < -0.3 is 19.5 Å². The number of benzene rings is 1. The molecule has 0 aliphatic carbocycles. The van der Waals surface area contributed by atoms with Gasteiger partial charge in [-0.1, -0.05) is 22.0 Å². The second kappa shape index (κ2) is 8.49. The van der Waals surface area contributed by atoms with Crippen LogP contribution in [0.1, 0.15) is 36.3 Å². The Morgan fingerprint density at radius 3 is 2.73 bits per heavy atom. The summed E-state index contributed by atoms with van der Waals surface area (Å²) in [4.78, 5) is 6.93. The maximum absolute atomic E-state index is 5.94. The molecule has 0 amide bonds. The Morgan fingerprint density at radius 2 is 2.00 bits per heavy atom. The zero-order valence-electron chi connectivity index (χ0n) is 16.4. The summed E-state index contributed by atoms with van der Waals surface area (Å²) in [5.41, 5.74) is 3.29. The van der Waals surface area contributed by atoms with Crippen LogP contribution >= 0.6 is 28.1 Å². The highest BCUT2D eigenvalue weighted by atomic mass is 79.9. The molecule has 154 valence electrons. The van der Waals surface area contributed by atoms with E-state index < -0.39 is 0 Å². The van der Waals surface area contributed by atoms with Gasteiger partial charge in [0, 0.05) is 41.4 Å². The van der Waals surface area contributed by atoms with Crippen molar-refractivity contribution < 1.29 is 4.74 Å². The Labute approximate surface area is 190 Å². The van der Waals surface area contributed by atoms with Crippen LogP contribution in [-0.2, 0) is 4.74 Å². The number of thiocarbonyl (C=S) groups is 1. The Kier molecular flexibility index (Phi) is 5.58. The largest absolute Gasteiger partial charge is 0.376 e. The summed E-state index contributed by atoms with van der Waals surface area (Å²) >= 11 is 9.33. The standard InChI is InChI=1S/C23H23BrN4OS/c24-16-8-10-17(11-9-16)27-13-3-7-20(27)22-21(19-6-1-2-12-25-19)26-23(30)28(22)15-18-5-4-14-29-18/h1-3,6-13,18,21-22H,4-5,14-15H2,(H,26,30). The van der Waals surface area contributed by atoms with Gasteiger partial charge >= 0.3 is 0 Å². The van der Waals surface area contributed by atoms with E-state index in [0.29, 0.717) is 0 Å². The van der Waals surface area contributed by atoms with E-state index in [1.807, 2.05) is 18.3 Å². The highest BCUT2D eigenvalue weighted by Gasteiger charge is 2.42. The third-order valence-electron chi connectivity index (χ3n) is 5.81. The molecule has 1 aromatic carbocycles. The number of hydrogen-bond acceptors (Lipinski definition) is 3. The average molecular weight is 483 g/mol. The Morgan fingerprint density at radius 1 is 1.13 bits per heavy atom. The molecule has 5 nitrogen and oxygen atoms in total. The molecule has 3 unspecified atom stereocenters. The third kappa shape index (κ3) is 3.77. The third-order valence-corrected chi connectivity index (χ3v) is 6.69. The molecule has 30 heavy (non-hydrogen) atoms. The van der Waals surface area contributed by atoms with E-state index in [4.69, 9.17) is 17.0 Å². The van der Waals surface area contributed by atoms with E-state index in [1.54, 1.807) is 0 Å². The van der Waals surface area contributed by atoms with Crippen LogP contribution in [0, 0.1) is 0 Å². The van der Waals surface area contributed by atoms with Crippen LogP contribution in [0.25, 0.3) is 5.69 Å². The number of halogens is 1. The summed E-state index contributed by atoms with van der Waals surface area (Å²) < 4.78 is 9.25. The maximum atomic E-state index is 5.94. The van der Waals surface area contributed by atoms with Crippen molar-refractivity contribution in [3.05, 3.63) is 82.9 Å². The van der Waals surface area contributed by atoms with Crippen LogP contribution < -0.4 is 5.32 Å². The van der Waals surface area contributed by atoms with Crippen molar-refractivity contribution in [2.24, 2.45) is 0 Å². The van der Waals surface area contributed by atoms with Gasteiger partial charge in [0.2, 0.25) is 0 Å². The lowest BCUT2D eigenvalue weighted by Gasteiger charge is -2.30. The summed E-state index contributed by atoms with van der Waals surface area (Å²) in [6.07, 6.45) is 6.36. The first kappa shape index (κ1) is 19.7. The average Bonchev–Trinajstić information content (AvgIpc) is 3.51. The van der Waals surface area contributed by atoms with Crippen LogP contribution in [0.5, 0.6) is 0 Å². The molecule has 3 atom stereocenters. The monoisotopic (exact) mass is 482 g/mol. The van der Waals surface area contributed by atoms with Crippen molar-refractivity contribution in [1.82, 2.24) is 19.8 Å². The first-order valence-corrected chi connectivity index (χ1v) is 11.4. The minimum absolute atomic E-state index is 0.0234. The molecule has 2 aromatic heterocycles. The first-order valence-electron chi connectivity index (χ1n) is 10.2. The summed E-state index contributed by atoms with van der Waals surface area (Å²) in [7, 11) is 0. The van der Waals surface area contributed by atoms with Crippen LogP contribution in [0.4, 0.5) is 0 Å². The van der Waals surface area contributed by atoms with Crippen LogP contribution in [0.15, 0.2) is 71.5 Å². The fraction of sp³-hybridized carbons (Fsp3) is 0.304. The smallest absolute Gasteiger partial charge is 0.170 e. The summed E-state index contributed by atoms with van der Waals surface area (Å²) in [5, 5.41) is 4.30. The van der Waals surface area contributed by atoms with Gasteiger partial charge in [0.25, 0.3) is 0 Å². The lowest BCUT2D eigenvalue weighted by atomic mass is 10.0. The van der Waals surface area contributed by atoms with Gasteiger partial charge in [0.1, 0.15) is 0 Å². The van der Waals surface area contributed by atoms with Gasteiger partial charge in [-0.15, -0.1) is 0 Å². The van der Waals surface area contributed by atoms with Crippen molar-refractivity contribution in [3.8, 4) is 5.69 Å². The van der Waals surface area contributed by atoms with Crippen LogP contribution in [-0.4, -0.2) is 38.8 Å². The Balaban J connectivity index is 1.56. The number of hydrogen-bond donors (Lipinski definition) is 1. The number of pyridine rings is 1. The molecule has 2 aliphatic rings. The lowest BCUT2D eigenvalue weighted by molar-refractivity contribution is 0.0836. The molecule has 1 N–H and O–H groups in total. The second-order valence-electron chi connectivity index (χ2n) is 7.69. The molecule has 2 aliphatic heterocycles. The molecule has 0 bridgehead atoms. The van der Waals surface area contributed by atoms with Gasteiger partial charge in [-0.25, -0.2) is 0 Å². The summed E-state index contributed by atoms with van der Waals surface area (Å²) in [5.74, 6) is 0. The number of nitrogens with zero attached hydrogens (tertiary/aromatic N) is 3. The maximum Gasteiger partial charge on any atom is 0.170 e. The quantitative estimate of drug-likeness (QED) is 0.529. The molecule has 5 rings (SSSR count). The molecule has 2 saturated heterocycles. The zero-order chi connectivity index (χ0) is 20.5. The fourth-order valence-electron chi connectivity index (χ4n) is 4.40. The molecule has 0 spiro atoms. The van der Waals surface area contributed by atoms with Crippen molar-refractivity contribution >= 4 is 33.3 Å². The van der Waals surface area contributed by atoms with Crippen molar-refractivity contribution in [2.45, 2.75) is 31.0 Å². The predicted molar refractivity (Wildman–Crippen MR) is 125 cm³/mol. The normalized spacial score (nSPS) is 23.7. The van der Waals surface area contributed by atoms with E-state index in [-0.39, 0.29) is 18.2 Å². The molecule has 4 heterocycles. The lowest BCUT2D eigenvalue weighted by Crippen LogP contribution is -2.36. The molecule has 2 fully saturated rings. The van der Waals surface area contributed by atoms with Crippen LogP contribution in [0.2, 0.25) is 0 Å². The Bertz CT molecular complexity index is 1020.